The summed E-state index contributed by atoms with van der Waals surface area (Å²) in [4.78, 5) is 6.60. The third kappa shape index (κ3) is 3.29. The van der Waals surface area contributed by atoms with Gasteiger partial charge in [-0.05, 0) is 12.8 Å². The van der Waals surface area contributed by atoms with Crippen LogP contribution in [0.1, 0.15) is 33.1 Å². The third-order valence-electron chi connectivity index (χ3n) is 4.08. The second kappa shape index (κ2) is 6.29. The molecule has 0 saturated carbocycles. The van der Waals surface area contributed by atoms with Gasteiger partial charge in [-0.3, -0.25) is 4.90 Å². The minimum atomic E-state index is 0.577. The van der Waals surface area contributed by atoms with Crippen molar-refractivity contribution in [3.8, 4) is 0 Å². The summed E-state index contributed by atoms with van der Waals surface area (Å²) in [6.07, 6.45) is 3.54. The normalized spacial score (nSPS) is 27.3. The molecule has 0 spiro atoms. The summed E-state index contributed by atoms with van der Waals surface area (Å²) in [7, 11) is 0. The van der Waals surface area contributed by atoms with Crippen LogP contribution in [-0.4, -0.2) is 46.8 Å². The Morgan fingerprint density at radius 3 is 3.11 bits per heavy atom. The van der Waals surface area contributed by atoms with E-state index in [-0.39, 0.29) is 0 Å². The van der Waals surface area contributed by atoms with Gasteiger partial charge in [0.15, 0.2) is 6.33 Å². The molecule has 1 saturated heterocycles. The van der Waals surface area contributed by atoms with Crippen molar-refractivity contribution in [2.75, 3.05) is 19.6 Å². The van der Waals surface area contributed by atoms with E-state index in [9.17, 15) is 0 Å². The minimum Gasteiger partial charge on any atom is -0.340 e. The average Bonchev–Trinajstić information content (AvgIpc) is 2.90. The second-order valence-electron chi connectivity index (χ2n) is 5.33. The van der Waals surface area contributed by atoms with E-state index in [0.717, 1.165) is 37.9 Å². The van der Waals surface area contributed by atoms with Gasteiger partial charge in [0.2, 0.25) is 5.89 Å². The van der Waals surface area contributed by atoms with Crippen molar-refractivity contribution < 1.29 is 4.52 Å². The highest BCUT2D eigenvalue weighted by Crippen LogP contribution is 2.15. The van der Waals surface area contributed by atoms with Crippen LogP contribution < -0.4 is 5.32 Å². The van der Waals surface area contributed by atoms with Gasteiger partial charge in [0.1, 0.15) is 0 Å². The van der Waals surface area contributed by atoms with Gasteiger partial charge in [-0.2, -0.15) is 4.98 Å². The first-order valence-corrected chi connectivity index (χ1v) is 6.93. The van der Waals surface area contributed by atoms with E-state index in [1.54, 1.807) is 0 Å². The van der Waals surface area contributed by atoms with E-state index in [1.807, 2.05) is 0 Å². The first-order valence-electron chi connectivity index (χ1n) is 6.93. The first-order chi connectivity index (χ1) is 8.70. The van der Waals surface area contributed by atoms with Crippen molar-refractivity contribution in [3.05, 3.63) is 12.2 Å². The van der Waals surface area contributed by atoms with Gasteiger partial charge in [-0.15, -0.1) is 0 Å². The number of aromatic nitrogens is 2. The van der Waals surface area contributed by atoms with Gasteiger partial charge < -0.3 is 9.84 Å². The molecule has 2 heterocycles. The number of nitrogens with zero attached hydrogens (tertiary/aromatic N) is 3. The van der Waals surface area contributed by atoms with Gasteiger partial charge in [0.05, 0.1) is 0 Å². The van der Waals surface area contributed by atoms with Crippen LogP contribution >= 0.6 is 0 Å². The van der Waals surface area contributed by atoms with Crippen LogP contribution in [0.2, 0.25) is 0 Å². The fourth-order valence-corrected chi connectivity index (χ4v) is 2.47. The topological polar surface area (TPSA) is 54.2 Å². The molecule has 2 rings (SSSR count). The molecule has 102 valence electrons. The van der Waals surface area contributed by atoms with Crippen molar-refractivity contribution in [2.45, 2.75) is 45.7 Å². The number of nitrogens with one attached hydrogen (secondary N) is 1. The fraction of sp³-hybridized carbons (Fsp3) is 0.846. The lowest BCUT2D eigenvalue weighted by molar-refractivity contribution is 0.117. The molecule has 1 aromatic rings. The maximum atomic E-state index is 5.05. The minimum absolute atomic E-state index is 0.577. The molecule has 0 aromatic carbocycles. The highest BCUT2D eigenvalue weighted by Gasteiger charge is 2.27. The van der Waals surface area contributed by atoms with Crippen molar-refractivity contribution in [1.82, 2.24) is 20.4 Å². The summed E-state index contributed by atoms with van der Waals surface area (Å²) in [5.74, 6) is 1.46. The Kier molecular flexibility index (Phi) is 4.72. The molecule has 1 aromatic heterocycles. The molecule has 0 bridgehead atoms. The van der Waals surface area contributed by atoms with Crippen LogP contribution in [-0.2, 0) is 6.42 Å². The Hall–Kier alpha value is -0.940. The van der Waals surface area contributed by atoms with Crippen LogP contribution in [0.15, 0.2) is 10.9 Å². The van der Waals surface area contributed by atoms with Crippen LogP contribution in [0.3, 0.4) is 0 Å². The number of hydrogen-bond acceptors (Lipinski definition) is 5. The van der Waals surface area contributed by atoms with E-state index in [1.165, 1.54) is 12.7 Å². The largest absolute Gasteiger partial charge is 0.340 e. The van der Waals surface area contributed by atoms with E-state index < -0.39 is 0 Å². The zero-order chi connectivity index (χ0) is 13.0. The molecule has 5 nitrogen and oxygen atoms in total. The van der Waals surface area contributed by atoms with E-state index >= 15 is 0 Å². The molecule has 1 aliphatic rings. The monoisotopic (exact) mass is 252 g/mol. The molecule has 0 amide bonds. The SMILES string of the molecule is CCC(C)C1CN(CCc2ncno2)C(C)CN1. The fourth-order valence-electron chi connectivity index (χ4n) is 2.47. The zero-order valence-electron chi connectivity index (χ0n) is 11.6. The Labute approximate surface area is 109 Å². The smallest absolute Gasteiger partial charge is 0.227 e. The van der Waals surface area contributed by atoms with Gasteiger partial charge in [-0.25, -0.2) is 0 Å². The molecule has 5 heteroatoms. The molecule has 3 atom stereocenters. The Bertz CT molecular complexity index is 341. The summed E-state index contributed by atoms with van der Waals surface area (Å²) >= 11 is 0. The molecule has 0 aliphatic carbocycles. The van der Waals surface area contributed by atoms with Crippen molar-refractivity contribution in [3.63, 3.8) is 0 Å². The molecule has 0 radical (unpaired) electrons. The molecule has 1 N–H and O–H groups in total. The first kappa shape index (κ1) is 13.5. The van der Waals surface area contributed by atoms with E-state index in [2.05, 4.69) is 41.1 Å². The summed E-state index contributed by atoms with van der Waals surface area (Å²) in [6.45, 7) is 10.0. The molecular weight excluding hydrogens is 228 g/mol. The summed E-state index contributed by atoms with van der Waals surface area (Å²) in [5.41, 5.74) is 0. The molecular formula is C13H24N4O. The Morgan fingerprint density at radius 2 is 2.44 bits per heavy atom. The van der Waals surface area contributed by atoms with Crippen LogP contribution in [0.5, 0.6) is 0 Å². The molecule has 18 heavy (non-hydrogen) atoms. The average molecular weight is 252 g/mol. The summed E-state index contributed by atoms with van der Waals surface area (Å²) < 4.78 is 5.05. The second-order valence-corrected chi connectivity index (χ2v) is 5.33. The van der Waals surface area contributed by atoms with E-state index in [4.69, 9.17) is 4.52 Å². The predicted octanol–water partition coefficient (Wildman–Crippen LogP) is 1.32. The van der Waals surface area contributed by atoms with Crippen molar-refractivity contribution in [1.29, 1.82) is 0 Å². The lowest BCUT2D eigenvalue weighted by Gasteiger charge is -2.40. The van der Waals surface area contributed by atoms with Crippen molar-refractivity contribution >= 4 is 0 Å². The van der Waals surface area contributed by atoms with E-state index in [0.29, 0.717) is 12.1 Å². The number of rotatable bonds is 5. The Balaban J connectivity index is 1.85. The standard InChI is InChI=1S/C13H24N4O/c1-4-10(2)12-8-17(11(3)7-14-12)6-5-13-15-9-16-18-13/h9-12,14H,4-8H2,1-3H3. The number of piperazine rings is 1. The highest BCUT2D eigenvalue weighted by molar-refractivity contribution is 4.88. The maximum Gasteiger partial charge on any atom is 0.227 e. The predicted molar refractivity (Wildman–Crippen MR) is 70.3 cm³/mol. The highest BCUT2D eigenvalue weighted by atomic mass is 16.5. The van der Waals surface area contributed by atoms with Gasteiger partial charge in [0.25, 0.3) is 0 Å². The molecule has 1 fully saturated rings. The third-order valence-corrected chi connectivity index (χ3v) is 4.08. The van der Waals surface area contributed by atoms with Crippen LogP contribution in [0.4, 0.5) is 0 Å². The maximum absolute atomic E-state index is 5.05. The van der Waals surface area contributed by atoms with Gasteiger partial charge >= 0.3 is 0 Å². The summed E-state index contributed by atoms with van der Waals surface area (Å²) in [5, 5.41) is 7.29. The lowest BCUT2D eigenvalue weighted by atomic mass is 9.95. The summed E-state index contributed by atoms with van der Waals surface area (Å²) in [6, 6.07) is 1.18. The molecule has 3 unspecified atom stereocenters. The molecule has 1 aliphatic heterocycles. The van der Waals surface area contributed by atoms with Gasteiger partial charge in [0, 0.05) is 38.1 Å². The Morgan fingerprint density at radius 1 is 1.61 bits per heavy atom. The van der Waals surface area contributed by atoms with Crippen molar-refractivity contribution in [2.24, 2.45) is 5.92 Å². The quantitative estimate of drug-likeness (QED) is 0.856. The number of hydrogen-bond donors (Lipinski definition) is 1. The van der Waals surface area contributed by atoms with Crippen LogP contribution in [0.25, 0.3) is 0 Å². The van der Waals surface area contributed by atoms with Crippen LogP contribution in [0, 0.1) is 5.92 Å². The lowest BCUT2D eigenvalue weighted by Crippen LogP contribution is -2.57. The zero-order valence-corrected chi connectivity index (χ0v) is 11.6. The van der Waals surface area contributed by atoms with Gasteiger partial charge in [-0.1, -0.05) is 25.4 Å².